The molecular formula is C17H16N2S. The summed E-state index contributed by atoms with van der Waals surface area (Å²) < 4.78 is 0. The lowest BCUT2D eigenvalue weighted by Crippen LogP contribution is -1.87. The van der Waals surface area contributed by atoms with Gasteiger partial charge in [0.25, 0.3) is 0 Å². The van der Waals surface area contributed by atoms with E-state index in [-0.39, 0.29) is 0 Å². The molecule has 0 radical (unpaired) electrons. The van der Waals surface area contributed by atoms with Gasteiger partial charge in [0.2, 0.25) is 0 Å². The van der Waals surface area contributed by atoms with Crippen molar-refractivity contribution < 1.29 is 0 Å². The van der Waals surface area contributed by atoms with Crippen LogP contribution in [0.5, 0.6) is 0 Å². The van der Waals surface area contributed by atoms with E-state index in [1.807, 2.05) is 24.3 Å². The van der Waals surface area contributed by atoms with Crippen LogP contribution < -0.4 is 5.73 Å². The molecule has 0 aliphatic rings. The van der Waals surface area contributed by atoms with Gasteiger partial charge in [-0.3, -0.25) is 0 Å². The molecule has 0 aliphatic heterocycles. The summed E-state index contributed by atoms with van der Waals surface area (Å²) >= 11 is 1.69. The molecule has 0 spiro atoms. The van der Waals surface area contributed by atoms with Crippen molar-refractivity contribution in [2.75, 3.05) is 5.73 Å². The molecule has 0 amide bonds. The summed E-state index contributed by atoms with van der Waals surface area (Å²) in [5.41, 5.74) is 10.2. The molecule has 3 rings (SSSR count). The zero-order valence-electron chi connectivity index (χ0n) is 11.6. The van der Waals surface area contributed by atoms with Gasteiger partial charge in [0.1, 0.15) is 5.03 Å². The van der Waals surface area contributed by atoms with Crippen molar-refractivity contribution in [1.29, 1.82) is 0 Å². The van der Waals surface area contributed by atoms with Crippen LogP contribution >= 0.6 is 11.8 Å². The number of nitrogen functional groups attached to an aromatic ring is 1. The number of hydrogen-bond donors (Lipinski definition) is 1. The van der Waals surface area contributed by atoms with Crippen LogP contribution in [-0.4, -0.2) is 4.98 Å². The molecule has 3 aromatic rings. The highest BCUT2D eigenvalue weighted by Crippen LogP contribution is 2.29. The third-order valence-corrected chi connectivity index (χ3v) is 4.31. The number of hydrogen-bond acceptors (Lipinski definition) is 3. The number of nitrogens with zero attached hydrogens (tertiary/aromatic N) is 1. The molecule has 0 bridgehead atoms. The second kappa shape index (κ2) is 5.17. The maximum Gasteiger partial charge on any atom is 0.101 e. The van der Waals surface area contributed by atoms with Gasteiger partial charge in [-0.25, -0.2) is 4.98 Å². The van der Waals surface area contributed by atoms with Crippen LogP contribution in [0.1, 0.15) is 11.1 Å². The maximum absolute atomic E-state index is 5.78. The number of benzene rings is 2. The van der Waals surface area contributed by atoms with E-state index in [2.05, 4.69) is 43.1 Å². The lowest BCUT2D eigenvalue weighted by molar-refractivity contribution is 1.18. The number of pyridine rings is 1. The Morgan fingerprint density at radius 1 is 0.900 bits per heavy atom. The molecule has 0 atom stereocenters. The predicted molar refractivity (Wildman–Crippen MR) is 86.2 cm³/mol. The summed E-state index contributed by atoms with van der Waals surface area (Å²) in [7, 11) is 0. The zero-order chi connectivity index (χ0) is 14.1. The number of fused-ring (bicyclic) bond motifs is 1. The Morgan fingerprint density at radius 2 is 1.75 bits per heavy atom. The molecule has 3 heteroatoms. The first-order valence-electron chi connectivity index (χ1n) is 6.53. The van der Waals surface area contributed by atoms with Crippen molar-refractivity contribution in [1.82, 2.24) is 4.98 Å². The molecule has 20 heavy (non-hydrogen) atoms. The monoisotopic (exact) mass is 280 g/mol. The van der Waals surface area contributed by atoms with Crippen molar-refractivity contribution in [2.45, 2.75) is 23.8 Å². The van der Waals surface area contributed by atoms with Gasteiger partial charge in [0.05, 0.1) is 5.52 Å². The molecule has 2 nitrogen and oxygen atoms in total. The topological polar surface area (TPSA) is 38.9 Å². The van der Waals surface area contributed by atoms with Crippen molar-refractivity contribution >= 4 is 28.4 Å². The van der Waals surface area contributed by atoms with Crippen LogP contribution in [0.15, 0.2) is 58.5 Å². The number of aryl methyl sites for hydroxylation is 2. The van der Waals surface area contributed by atoms with Crippen molar-refractivity contribution in [3.8, 4) is 0 Å². The van der Waals surface area contributed by atoms with Gasteiger partial charge in [-0.2, -0.15) is 0 Å². The summed E-state index contributed by atoms with van der Waals surface area (Å²) in [5, 5.41) is 2.08. The van der Waals surface area contributed by atoms with Crippen LogP contribution in [0.2, 0.25) is 0 Å². The Labute approximate surface area is 123 Å². The second-order valence-electron chi connectivity index (χ2n) is 4.95. The molecule has 0 saturated carbocycles. The fraction of sp³-hybridized carbons (Fsp3) is 0.118. The van der Waals surface area contributed by atoms with Gasteiger partial charge < -0.3 is 5.73 Å². The van der Waals surface area contributed by atoms with Gasteiger partial charge >= 0.3 is 0 Å². The Hall–Kier alpha value is -2.00. The van der Waals surface area contributed by atoms with Gasteiger partial charge in [-0.1, -0.05) is 23.9 Å². The predicted octanol–water partition coefficient (Wildman–Crippen LogP) is 4.59. The molecule has 100 valence electrons. The minimum Gasteiger partial charge on any atom is -0.399 e. The van der Waals surface area contributed by atoms with Crippen LogP contribution in [0.4, 0.5) is 5.69 Å². The number of aromatic nitrogens is 1. The normalized spacial score (nSPS) is 10.9. The third kappa shape index (κ3) is 2.63. The molecule has 0 unspecified atom stereocenters. The van der Waals surface area contributed by atoms with Crippen LogP contribution in [0, 0.1) is 13.8 Å². The highest BCUT2D eigenvalue weighted by Gasteiger charge is 2.03. The smallest absolute Gasteiger partial charge is 0.101 e. The van der Waals surface area contributed by atoms with Gasteiger partial charge in [0, 0.05) is 16.0 Å². The molecule has 2 N–H and O–H groups in total. The molecule has 0 fully saturated rings. The van der Waals surface area contributed by atoms with E-state index < -0.39 is 0 Å². The highest BCUT2D eigenvalue weighted by molar-refractivity contribution is 7.99. The van der Waals surface area contributed by atoms with E-state index >= 15 is 0 Å². The minimum absolute atomic E-state index is 0.772. The van der Waals surface area contributed by atoms with Gasteiger partial charge in [0.15, 0.2) is 0 Å². The fourth-order valence-corrected chi connectivity index (χ4v) is 2.97. The Balaban J connectivity index is 1.94. The lowest BCUT2D eigenvalue weighted by atomic mass is 10.1. The summed E-state index contributed by atoms with van der Waals surface area (Å²) in [6.45, 7) is 4.26. The molecule has 0 aliphatic carbocycles. The Kier molecular flexibility index (Phi) is 3.36. The van der Waals surface area contributed by atoms with E-state index in [4.69, 9.17) is 5.73 Å². The van der Waals surface area contributed by atoms with E-state index in [9.17, 15) is 0 Å². The summed E-state index contributed by atoms with van der Waals surface area (Å²) in [4.78, 5) is 5.89. The number of rotatable bonds is 2. The largest absolute Gasteiger partial charge is 0.399 e. The van der Waals surface area contributed by atoms with E-state index in [1.165, 1.54) is 16.0 Å². The van der Waals surface area contributed by atoms with Crippen LogP contribution in [0.25, 0.3) is 10.9 Å². The maximum atomic E-state index is 5.78. The Morgan fingerprint density at radius 3 is 2.55 bits per heavy atom. The first-order valence-corrected chi connectivity index (χ1v) is 7.35. The van der Waals surface area contributed by atoms with E-state index in [1.54, 1.807) is 11.8 Å². The van der Waals surface area contributed by atoms with Crippen LogP contribution in [0.3, 0.4) is 0 Å². The summed E-state index contributed by atoms with van der Waals surface area (Å²) in [5.74, 6) is 0. The number of nitrogens with two attached hydrogens (primary N) is 1. The quantitative estimate of drug-likeness (QED) is 0.698. The molecule has 0 saturated heterocycles. The molecular weight excluding hydrogens is 264 g/mol. The van der Waals surface area contributed by atoms with Gasteiger partial charge in [-0.15, -0.1) is 0 Å². The Bertz CT molecular complexity index is 781. The molecule has 2 aromatic carbocycles. The SMILES string of the molecule is Cc1ccc(Sc2ccc3cc(N)ccc3n2)cc1C. The average molecular weight is 280 g/mol. The fourth-order valence-electron chi connectivity index (χ4n) is 2.08. The second-order valence-corrected chi connectivity index (χ2v) is 6.04. The zero-order valence-corrected chi connectivity index (χ0v) is 12.4. The first kappa shape index (κ1) is 13.0. The standard InChI is InChI=1S/C17H16N2S/c1-11-3-6-15(9-12(11)2)20-17-8-4-13-10-14(18)5-7-16(13)19-17/h3-10H,18H2,1-2H3. The van der Waals surface area contributed by atoms with Gasteiger partial charge in [-0.05, 0) is 61.4 Å². The summed E-state index contributed by atoms with van der Waals surface area (Å²) in [6, 6.07) is 16.4. The van der Waals surface area contributed by atoms with Crippen molar-refractivity contribution in [3.63, 3.8) is 0 Å². The van der Waals surface area contributed by atoms with Crippen molar-refractivity contribution in [3.05, 3.63) is 59.7 Å². The lowest BCUT2D eigenvalue weighted by Gasteiger charge is -2.06. The number of anilines is 1. The van der Waals surface area contributed by atoms with E-state index in [0.29, 0.717) is 0 Å². The highest BCUT2D eigenvalue weighted by atomic mass is 32.2. The first-order chi connectivity index (χ1) is 9.61. The van der Waals surface area contributed by atoms with E-state index in [0.717, 1.165) is 21.6 Å². The molecule has 1 aromatic heterocycles. The summed E-state index contributed by atoms with van der Waals surface area (Å²) in [6.07, 6.45) is 0. The third-order valence-electron chi connectivity index (χ3n) is 3.39. The van der Waals surface area contributed by atoms with Crippen molar-refractivity contribution in [2.24, 2.45) is 0 Å². The van der Waals surface area contributed by atoms with Crippen LogP contribution in [-0.2, 0) is 0 Å². The average Bonchev–Trinajstić information content (AvgIpc) is 2.43. The minimum atomic E-state index is 0.772. The molecule has 1 heterocycles.